The summed E-state index contributed by atoms with van der Waals surface area (Å²) in [6.45, 7) is 3.39. The summed E-state index contributed by atoms with van der Waals surface area (Å²) in [5.74, 6) is -0.208. The number of hydrogen-bond donors (Lipinski definition) is 0. The normalized spacial score (nSPS) is 24.3. The van der Waals surface area contributed by atoms with Crippen molar-refractivity contribution in [3.05, 3.63) is 35.9 Å². The van der Waals surface area contributed by atoms with Gasteiger partial charge in [0.2, 0.25) is 5.91 Å². The highest BCUT2D eigenvalue weighted by atomic mass is 16.2. The van der Waals surface area contributed by atoms with Crippen LogP contribution >= 0.6 is 0 Å². The molecule has 1 aromatic carbocycles. The second kappa shape index (κ2) is 4.20. The fraction of sp³-hybridized carbons (Fsp3) is 0.385. The van der Waals surface area contributed by atoms with Crippen molar-refractivity contribution >= 4 is 11.9 Å². The Bertz CT molecular complexity index is 444. The van der Waals surface area contributed by atoms with Gasteiger partial charge in [0.25, 0.3) is 0 Å². The summed E-state index contributed by atoms with van der Waals surface area (Å²) in [5.41, 5.74) is 0.993. The molecule has 1 heterocycles. The second-order valence-corrected chi connectivity index (χ2v) is 4.38. The molecule has 1 saturated heterocycles. The summed E-state index contributed by atoms with van der Waals surface area (Å²) < 4.78 is 0. The van der Waals surface area contributed by atoms with Gasteiger partial charge >= 0.3 is 6.03 Å². The summed E-state index contributed by atoms with van der Waals surface area (Å²) in [5, 5.41) is 0. The molecule has 4 heteroatoms. The highest BCUT2D eigenvalue weighted by Gasteiger charge is 2.44. The van der Waals surface area contributed by atoms with Crippen LogP contribution in [0.1, 0.15) is 25.5 Å². The Morgan fingerprint density at radius 1 is 1.24 bits per heavy atom. The lowest BCUT2D eigenvalue weighted by Crippen LogP contribution is -2.34. The van der Waals surface area contributed by atoms with Crippen molar-refractivity contribution in [1.82, 2.24) is 9.80 Å². The van der Waals surface area contributed by atoms with Gasteiger partial charge in [0.1, 0.15) is 0 Å². The van der Waals surface area contributed by atoms with E-state index < -0.39 is 0 Å². The minimum atomic E-state index is -0.223. The van der Waals surface area contributed by atoms with Gasteiger partial charge < -0.3 is 4.90 Å². The molecule has 0 unspecified atom stereocenters. The molecule has 90 valence electrons. The molecule has 0 aliphatic carbocycles. The van der Waals surface area contributed by atoms with E-state index in [0.29, 0.717) is 0 Å². The lowest BCUT2D eigenvalue weighted by molar-refractivity contribution is -0.127. The van der Waals surface area contributed by atoms with Crippen LogP contribution in [0.5, 0.6) is 0 Å². The second-order valence-electron chi connectivity index (χ2n) is 4.38. The van der Waals surface area contributed by atoms with E-state index in [4.69, 9.17) is 0 Å². The maximum Gasteiger partial charge on any atom is 0.327 e. The van der Waals surface area contributed by atoms with Crippen molar-refractivity contribution in [2.45, 2.75) is 25.9 Å². The van der Waals surface area contributed by atoms with Crippen LogP contribution in [0.25, 0.3) is 0 Å². The van der Waals surface area contributed by atoms with Gasteiger partial charge in [0.15, 0.2) is 0 Å². The van der Waals surface area contributed by atoms with Gasteiger partial charge in [-0.15, -0.1) is 0 Å². The molecule has 1 aliphatic rings. The molecule has 2 rings (SSSR count). The third-order valence-electron chi connectivity index (χ3n) is 3.33. The third-order valence-corrected chi connectivity index (χ3v) is 3.33. The van der Waals surface area contributed by atoms with Crippen molar-refractivity contribution < 1.29 is 9.59 Å². The molecule has 4 nitrogen and oxygen atoms in total. The number of urea groups is 1. The first-order valence-corrected chi connectivity index (χ1v) is 5.65. The molecule has 3 amide bonds. The zero-order valence-corrected chi connectivity index (χ0v) is 10.3. The van der Waals surface area contributed by atoms with Gasteiger partial charge in [-0.3, -0.25) is 9.69 Å². The predicted molar refractivity (Wildman–Crippen MR) is 64.3 cm³/mol. The Balaban J connectivity index is 2.43. The highest BCUT2D eigenvalue weighted by Crippen LogP contribution is 2.34. The van der Waals surface area contributed by atoms with Gasteiger partial charge in [0.05, 0.1) is 12.1 Å². The van der Waals surface area contributed by atoms with Gasteiger partial charge in [0, 0.05) is 14.0 Å². The van der Waals surface area contributed by atoms with Crippen LogP contribution < -0.4 is 0 Å². The number of carbonyl (C=O) groups is 2. The summed E-state index contributed by atoms with van der Waals surface area (Å²) in [7, 11) is 1.73. The van der Waals surface area contributed by atoms with Gasteiger partial charge in [-0.2, -0.15) is 0 Å². The smallest absolute Gasteiger partial charge is 0.322 e. The SMILES string of the molecule is CC(=O)N1C(=O)N(C)[C@H](C)[C@@H]1c1ccccc1. The summed E-state index contributed by atoms with van der Waals surface area (Å²) in [6, 6.07) is 9.24. The maximum atomic E-state index is 12.0. The fourth-order valence-corrected chi connectivity index (χ4v) is 2.30. The summed E-state index contributed by atoms with van der Waals surface area (Å²) in [4.78, 5) is 26.5. The minimum Gasteiger partial charge on any atom is -0.322 e. The van der Waals surface area contributed by atoms with Crippen LogP contribution in [0.3, 0.4) is 0 Å². The van der Waals surface area contributed by atoms with E-state index in [0.717, 1.165) is 5.56 Å². The number of likely N-dealkylation sites (N-methyl/N-ethyl adjacent to an activating group) is 1. The van der Waals surface area contributed by atoms with Crippen LogP contribution in [0.4, 0.5) is 4.79 Å². The zero-order chi connectivity index (χ0) is 12.6. The molecule has 0 spiro atoms. The number of benzene rings is 1. The van der Waals surface area contributed by atoms with E-state index in [-0.39, 0.29) is 24.0 Å². The maximum absolute atomic E-state index is 12.0. The highest BCUT2D eigenvalue weighted by molar-refractivity contribution is 5.95. The summed E-state index contributed by atoms with van der Waals surface area (Å²) in [6.07, 6.45) is 0. The number of imide groups is 1. The van der Waals surface area contributed by atoms with Crippen LogP contribution in [-0.4, -0.2) is 34.8 Å². The van der Waals surface area contributed by atoms with E-state index >= 15 is 0 Å². The Morgan fingerprint density at radius 2 is 1.82 bits per heavy atom. The monoisotopic (exact) mass is 232 g/mol. The molecule has 0 bridgehead atoms. The van der Waals surface area contributed by atoms with Crippen molar-refractivity contribution in [2.75, 3.05) is 7.05 Å². The van der Waals surface area contributed by atoms with E-state index in [1.807, 2.05) is 37.3 Å². The van der Waals surface area contributed by atoms with Gasteiger partial charge in [-0.25, -0.2) is 4.79 Å². The molecule has 1 aliphatic heterocycles. The quantitative estimate of drug-likeness (QED) is 0.743. The molecular formula is C13H16N2O2. The van der Waals surface area contributed by atoms with Crippen LogP contribution in [0.15, 0.2) is 30.3 Å². The van der Waals surface area contributed by atoms with Gasteiger partial charge in [-0.05, 0) is 12.5 Å². The number of hydrogen-bond acceptors (Lipinski definition) is 2. The number of amides is 3. The fourth-order valence-electron chi connectivity index (χ4n) is 2.30. The molecule has 0 N–H and O–H groups in total. The number of rotatable bonds is 1. The topological polar surface area (TPSA) is 40.6 Å². The zero-order valence-electron chi connectivity index (χ0n) is 10.3. The standard InChI is InChI=1S/C13H16N2O2/c1-9-12(11-7-5-4-6-8-11)15(10(2)16)13(17)14(9)3/h4-9,12H,1-3H3/t9-,12-/m1/s1. The van der Waals surface area contributed by atoms with Gasteiger partial charge in [-0.1, -0.05) is 30.3 Å². The molecule has 1 aromatic rings. The first-order valence-electron chi connectivity index (χ1n) is 5.65. The Kier molecular flexibility index (Phi) is 2.88. The third kappa shape index (κ3) is 1.79. The Morgan fingerprint density at radius 3 is 2.35 bits per heavy atom. The number of nitrogens with zero attached hydrogens (tertiary/aromatic N) is 2. The minimum absolute atomic E-state index is 0.00574. The Labute approximate surface area is 101 Å². The van der Waals surface area contributed by atoms with Crippen LogP contribution in [-0.2, 0) is 4.79 Å². The predicted octanol–water partition coefficient (Wildman–Crippen LogP) is 2.03. The first kappa shape index (κ1) is 11.6. The summed E-state index contributed by atoms with van der Waals surface area (Å²) >= 11 is 0. The van der Waals surface area contributed by atoms with Crippen molar-refractivity contribution in [1.29, 1.82) is 0 Å². The molecule has 2 atom stereocenters. The molecule has 0 saturated carbocycles. The van der Waals surface area contributed by atoms with Crippen molar-refractivity contribution in [3.63, 3.8) is 0 Å². The van der Waals surface area contributed by atoms with E-state index in [2.05, 4.69) is 0 Å². The average molecular weight is 232 g/mol. The first-order chi connectivity index (χ1) is 8.04. The van der Waals surface area contributed by atoms with E-state index in [9.17, 15) is 9.59 Å². The molecular weight excluding hydrogens is 216 g/mol. The molecule has 0 aromatic heterocycles. The molecule has 17 heavy (non-hydrogen) atoms. The Hall–Kier alpha value is -1.84. The largest absolute Gasteiger partial charge is 0.327 e. The number of carbonyl (C=O) groups excluding carboxylic acids is 2. The lowest BCUT2D eigenvalue weighted by atomic mass is 10.0. The van der Waals surface area contributed by atoms with Crippen LogP contribution in [0, 0.1) is 0 Å². The lowest BCUT2D eigenvalue weighted by Gasteiger charge is -2.23. The molecule has 0 radical (unpaired) electrons. The molecule has 1 fully saturated rings. The van der Waals surface area contributed by atoms with Crippen molar-refractivity contribution in [2.24, 2.45) is 0 Å². The van der Waals surface area contributed by atoms with Crippen LogP contribution in [0.2, 0.25) is 0 Å². The van der Waals surface area contributed by atoms with Crippen molar-refractivity contribution in [3.8, 4) is 0 Å². The average Bonchev–Trinajstić information content (AvgIpc) is 2.55. The van der Waals surface area contributed by atoms with E-state index in [1.54, 1.807) is 11.9 Å². The van der Waals surface area contributed by atoms with E-state index in [1.165, 1.54) is 11.8 Å².